The van der Waals surface area contributed by atoms with Crippen molar-refractivity contribution < 1.29 is 9.59 Å². The number of para-hydroxylation sites is 1. The van der Waals surface area contributed by atoms with Crippen molar-refractivity contribution in [3.63, 3.8) is 0 Å². The van der Waals surface area contributed by atoms with E-state index < -0.39 is 0 Å². The number of aryl methyl sites for hydroxylation is 2. The molecular weight excluding hydrogens is 268 g/mol. The Morgan fingerprint density at radius 2 is 2.05 bits per heavy atom. The maximum absolute atomic E-state index is 11.7. The Morgan fingerprint density at radius 3 is 2.81 bits per heavy atom. The van der Waals surface area contributed by atoms with E-state index in [-0.39, 0.29) is 18.4 Å². The molecule has 2 aromatic rings. The van der Waals surface area contributed by atoms with Crippen molar-refractivity contribution in [1.82, 2.24) is 20.4 Å². The zero-order valence-corrected chi connectivity index (χ0v) is 12.3. The first kappa shape index (κ1) is 15.0. The minimum atomic E-state index is -0.175. The molecule has 2 amide bonds. The van der Waals surface area contributed by atoms with Gasteiger partial charge in [-0.25, -0.2) is 0 Å². The van der Waals surface area contributed by atoms with Gasteiger partial charge in [0.25, 0.3) is 0 Å². The minimum Gasteiger partial charge on any atom is -0.355 e. The quantitative estimate of drug-likeness (QED) is 0.832. The zero-order chi connectivity index (χ0) is 15.2. The van der Waals surface area contributed by atoms with Crippen LogP contribution in [0, 0.1) is 6.92 Å². The van der Waals surface area contributed by atoms with E-state index in [1.807, 2.05) is 36.7 Å². The number of nitrogens with one attached hydrogen (secondary N) is 2. The average Bonchev–Trinajstić information content (AvgIpc) is 2.88. The van der Waals surface area contributed by atoms with Gasteiger partial charge in [-0.1, -0.05) is 18.2 Å². The number of benzene rings is 1. The molecule has 0 saturated carbocycles. The van der Waals surface area contributed by atoms with Crippen LogP contribution >= 0.6 is 0 Å². The predicted octanol–water partition coefficient (Wildman–Crippen LogP) is 0.987. The van der Waals surface area contributed by atoms with Crippen LogP contribution in [0.25, 0.3) is 10.9 Å². The summed E-state index contributed by atoms with van der Waals surface area (Å²) < 4.78 is 1.83. The minimum absolute atomic E-state index is 0.0194. The third kappa shape index (κ3) is 3.81. The summed E-state index contributed by atoms with van der Waals surface area (Å²) in [6.45, 7) is 4.94. The molecule has 2 N–H and O–H groups in total. The predicted molar refractivity (Wildman–Crippen MR) is 80.8 cm³/mol. The zero-order valence-electron chi connectivity index (χ0n) is 12.3. The molecule has 2 rings (SSSR count). The number of likely N-dealkylation sites (N-methyl/N-ethyl adjacent to an activating group) is 1. The molecule has 0 atom stereocenters. The van der Waals surface area contributed by atoms with Crippen LogP contribution in [0.15, 0.2) is 24.4 Å². The molecule has 0 aliphatic carbocycles. The van der Waals surface area contributed by atoms with E-state index in [1.165, 1.54) is 0 Å². The van der Waals surface area contributed by atoms with Gasteiger partial charge in [-0.15, -0.1) is 0 Å². The summed E-state index contributed by atoms with van der Waals surface area (Å²) in [5.41, 5.74) is 2.18. The second kappa shape index (κ2) is 6.88. The van der Waals surface area contributed by atoms with Gasteiger partial charge >= 0.3 is 0 Å². The van der Waals surface area contributed by atoms with E-state index in [9.17, 15) is 9.59 Å². The Labute approximate surface area is 123 Å². The lowest BCUT2D eigenvalue weighted by molar-refractivity contribution is -0.126. The lowest BCUT2D eigenvalue weighted by Crippen LogP contribution is -2.37. The fourth-order valence-corrected chi connectivity index (χ4v) is 2.23. The number of aromatic nitrogens is 2. The van der Waals surface area contributed by atoms with E-state index in [0.29, 0.717) is 19.5 Å². The summed E-state index contributed by atoms with van der Waals surface area (Å²) >= 11 is 0. The van der Waals surface area contributed by atoms with Gasteiger partial charge < -0.3 is 10.6 Å². The Morgan fingerprint density at radius 1 is 1.24 bits per heavy atom. The van der Waals surface area contributed by atoms with Crippen LogP contribution < -0.4 is 10.6 Å². The third-order valence-corrected chi connectivity index (χ3v) is 3.23. The molecule has 0 bridgehead atoms. The van der Waals surface area contributed by atoms with Gasteiger partial charge in [-0.05, 0) is 19.4 Å². The molecule has 0 aliphatic rings. The summed E-state index contributed by atoms with van der Waals surface area (Å²) in [6.07, 6.45) is 2.10. The van der Waals surface area contributed by atoms with Crippen molar-refractivity contribution in [1.29, 1.82) is 0 Å². The standard InChI is InChI=1S/C15H20N4O2/c1-3-16-14(21)10-17-13(20)7-8-19-15-11(2)5-4-6-12(15)9-18-19/h4-6,9H,3,7-8,10H2,1-2H3,(H,16,21)(H,17,20). The van der Waals surface area contributed by atoms with Crippen LogP contribution in [-0.4, -0.2) is 34.7 Å². The summed E-state index contributed by atoms with van der Waals surface area (Å²) in [7, 11) is 0. The van der Waals surface area contributed by atoms with Gasteiger partial charge in [0, 0.05) is 18.4 Å². The molecule has 0 spiro atoms. The molecule has 0 saturated heterocycles. The van der Waals surface area contributed by atoms with Crippen LogP contribution in [0.3, 0.4) is 0 Å². The lowest BCUT2D eigenvalue weighted by atomic mass is 10.2. The number of fused-ring (bicyclic) bond motifs is 1. The highest BCUT2D eigenvalue weighted by Gasteiger charge is 2.08. The second-order valence-corrected chi connectivity index (χ2v) is 4.86. The second-order valence-electron chi connectivity index (χ2n) is 4.86. The molecule has 6 nitrogen and oxygen atoms in total. The topological polar surface area (TPSA) is 76.0 Å². The van der Waals surface area contributed by atoms with Crippen molar-refractivity contribution in [2.45, 2.75) is 26.8 Å². The van der Waals surface area contributed by atoms with Gasteiger partial charge in [-0.2, -0.15) is 5.10 Å². The number of hydrogen-bond acceptors (Lipinski definition) is 3. The number of rotatable bonds is 6. The third-order valence-electron chi connectivity index (χ3n) is 3.23. The first-order valence-electron chi connectivity index (χ1n) is 7.06. The first-order chi connectivity index (χ1) is 10.1. The van der Waals surface area contributed by atoms with Gasteiger partial charge in [0.1, 0.15) is 0 Å². The van der Waals surface area contributed by atoms with Crippen LogP contribution in [0.1, 0.15) is 18.9 Å². The van der Waals surface area contributed by atoms with Crippen molar-refractivity contribution >= 4 is 22.7 Å². The molecule has 0 radical (unpaired) electrons. The van der Waals surface area contributed by atoms with Gasteiger partial charge in [-0.3, -0.25) is 14.3 Å². The molecule has 1 aromatic carbocycles. The Kier molecular flexibility index (Phi) is 4.92. The number of carbonyl (C=O) groups excluding carboxylic acids is 2. The highest BCUT2D eigenvalue weighted by atomic mass is 16.2. The lowest BCUT2D eigenvalue weighted by Gasteiger charge is -2.07. The van der Waals surface area contributed by atoms with Crippen LogP contribution in [0.2, 0.25) is 0 Å². The molecule has 21 heavy (non-hydrogen) atoms. The summed E-state index contributed by atoms with van der Waals surface area (Å²) in [5, 5.41) is 10.6. The van der Waals surface area contributed by atoms with Crippen LogP contribution in [0.4, 0.5) is 0 Å². The molecular formula is C15H20N4O2. The SMILES string of the molecule is CCNC(=O)CNC(=O)CCn1ncc2cccc(C)c21. The molecule has 1 heterocycles. The van der Waals surface area contributed by atoms with Crippen molar-refractivity contribution in [3.8, 4) is 0 Å². The maximum atomic E-state index is 11.7. The van der Waals surface area contributed by atoms with Crippen molar-refractivity contribution in [3.05, 3.63) is 30.0 Å². The van der Waals surface area contributed by atoms with E-state index in [0.717, 1.165) is 16.5 Å². The van der Waals surface area contributed by atoms with Crippen LogP contribution in [-0.2, 0) is 16.1 Å². The molecule has 112 valence electrons. The fraction of sp³-hybridized carbons (Fsp3) is 0.400. The highest BCUT2D eigenvalue weighted by Crippen LogP contribution is 2.17. The first-order valence-corrected chi connectivity index (χ1v) is 7.06. The highest BCUT2D eigenvalue weighted by molar-refractivity contribution is 5.85. The Balaban J connectivity index is 1.90. The van der Waals surface area contributed by atoms with Gasteiger partial charge in [0.05, 0.1) is 24.8 Å². The largest absolute Gasteiger partial charge is 0.355 e. The number of carbonyl (C=O) groups is 2. The normalized spacial score (nSPS) is 10.6. The van der Waals surface area contributed by atoms with E-state index in [2.05, 4.69) is 15.7 Å². The number of amides is 2. The number of nitrogens with zero attached hydrogens (tertiary/aromatic N) is 2. The fourth-order valence-electron chi connectivity index (χ4n) is 2.23. The Bertz CT molecular complexity index is 648. The van der Waals surface area contributed by atoms with Gasteiger partial charge in [0.2, 0.25) is 11.8 Å². The van der Waals surface area contributed by atoms with Gasteiger partial charge in [0.15, 0.2) is 0 Å². The van der Waals surface area contributed by atoms with Crippen molar-refractivity contribution in [2.75, 3.05) is 13.1 Å². The molecule has 6 heteroatoms. The van der Waals surface area contributed by atoms with E-state index >= 15 is 0 Å². The Hall–Kier alpha value is -2.37. The summed E-state index contributed by atoms with van der Waals surface area (Å²) in [6, 6.07) is 6.01. The van der Waals surface area contributed by atoms with E-state index in [4.69, 9.17) is 0 Å². The van der Waals surface area contributed by atoms with E-state index in [1.54, 1.807) is 6.20 Å². The molecule has 0 unspecified atom stereocenters. The summed E-state index contributed by atoms with van der Waals surface area (Å²) in [5.74, 6) is -0.329. The van der Waals surface area contributed by atoms with Crippen LogP contribution in [0.5, 0.6) is 0 Å². The smallest absolute Gasteiger partial charge is 0.239 e. The average molecular weight is 288 g/mol. The number of hydrogen-bond donors (Lipinski definition) is 2. The van der Waals surface area contributed by atoms with Crippen molar-refractivity contribution in [2.24, 2.45) is 0 Å². The molecule has 0 aliphatic heterocycles. The maximum Gasteiger partial charge on any atom is 0.239 e. The monoisotopic (exact) mass is 288 g/mol. The summed E-state index contributed by atoms with van der Waals surface area (Å²) in [4.78, 5) is 23.0. The molecule has 0 fully saturated rings. The molecule has 1 aromatic heterocycles.